The van der Waals surface area contributed by atoms with Gasteiger partial charge in [-0.2, -0.15) is 4.31 Å². The molecule has 2 amide bonds. The second-order valence-electron chi connectivity index (χ2n) is 9.52. The zero-order valence-corrected chi connectivity index (χ0v) is 23.5. The van der Waals surface area contributed by atoms with Crippen LogP contribution in [0.2, 0.25) is 0 Å². The van der Waals surface area contributed by atoms with Gasteiger partial charge < -0.3 is 14.8 Å². The van der Waals surface area contributed by atoms with E-state index in [1.807, 2.05) is 0 Å². The molecule has 0 bridgehead atoms. The summed E-state index contributed by atoms with van der Waals surface area (Å²) in [4.78, 5) is 30.5. The van der Waals surface area contributed by atoms with Crippen molar-refractivity contribution in [1.29, 1.82) is 0 Å². The number of hydrogen-bond acceptors (Lipinski definition) is 6. The number of hydrogen-bond donors (Lipinski definition) is 1. The largest absolute Gasteiger partial charge is 0.494 e. The molecule has 1 N–H and O–H groups in total. The Morgan fingerprint density at radius 3 is 2.60 bits per heavy atom. The normalized spacial score (nSPS) is 17.3. The summed E-state index contributed by atoms with van der Waals surface area (Å²) in [6, 6.07) is 9.88. The van der Waals surface area contributed by atoms with Gasteiger partial charge in [-0.05, 0) is 55.7 Å². The number of aliphatic imine (C=N–C) groups is 1. The number of alkyl halides is 1. The summed E-state index contributed by atoms with van der Waals surface area (Å²) < 4.78 is 64.4. The predicted octanol–water partition coefficient (Wildman–Crippen LogP) is 3.47. The van der Waals surface area contributed by atoms with Gasteiger partial charge in [0.15, 0.2) is 0 Å². The van der Waals surface area contributed by atoms with Gasteiger partial charge in [0.05, 0.1) is 24.8 Å². The van der Waals surface area contributed by atoms with Crippen molar-refractivity contribution in [3.05, 3.63) is 59.9 Å². The van der Waals surface area contributed by atoms with Crippen molar-refractivity contribution in [3.63, 3.8) is 0 Å². The lowest BCUT2D eigenvalue weighted by atomic mass is 10.0. The maximum Gasteiger partial charge on any atom is 0.266 e. The predicted molar refractivity (Wildman–Crippen MR) is 146 cm³/mol. The third-order valence-corrected chi connectivity index (χ3v) is 8.19. The fourth-order valence-electron chi connectivity index (χ4n) is 4.32. The van der Waals surface area contributed by atoms with E-state index in [1.54, 1.807) is 31.2 Å². The standard InChI is InChI=1S/C28H35F2N3O6S/c1-20(19-38-2)31-27(34)25(17-21-10-12-23(13-11-21)39-16-6-14-29)32-28(35)26-9-3-4-15-33(26)40(36,37)24-8-5-7-22(30)18-24/h5,7-8,10-13,18,20,26H,3-4,6,9,14-17,19H2,1-2H3,(H,31,34)/t20-,26-/m0/s1. The summed E-state index contributed by atoms with van der Waals surface area (Å²) >= 11 is 0. The Morgan fingerprint density at radius 1 is 1.18 bits per heavy atom. The molecular weight excluding hydrogens is 544 g/mol. The van der Waals surface area contributed by atoms with Crippen LogP contribution in [0.5, 0.6) is 5.75 Å². The lowest BCUT2D eigenvalue weighted by Gasteiger charge is -2.32. The van der Waals surface area contributed by atoms with Gasteiger partial charge in [0.2, 0.25) is 10.0 Å². The van der Waals surface area contributed by atoms with Crippen LogP contribution in [0.1, 0.15) is 38.2 Å². The molecule has 0 saturated carbocycles. The van der Waals surface area contributed by atoms with Crippen molar-refractivity contribution in [2.24, 2.45) is 4.99 Å². The van der Waals surface area contributed by atoms with E-state index in [0.29, 0.717) is 24.2 Å². The number of nitrogens with one attached hydrogen (secondary N) is 1. The second-order valence-corrected chi connectivity index (χ2v) is 11.4. The number of nitrogens with zero attached hydrogens (tertiary/aromatic N) is 2. The molecule has 9 nitrogen and oxygen atoms in total. The van der Waals surface area contributed by atoms with Gasteiger partial charge in [0.1, 0.15) is 23.3 Å². The van der Waals surface area contributed by atoms with Crippen molar-refractivity contribution >= 4 is 27.5 Å². The van der Waals surface area contributed by atoms with Crippen LogP contribution in [0.4, 0.5) is 8.78 Å². The molecule has 1 aliphatic rings. The summed E-state index contributed by atoms with van der Waals surface area (Å²) in [5.41, 5.74) is 0.569. The van der Waals surface area contributed by atoms with Crippen molar-refractivity contribution in [3.8, 4) is 5.75 Å². The number of sulfonamides is 1. The average Bonchev–Trinajstić information content (AvgIpc) is 2.93. The SMILES string of the molecule is COC[C@H](C)NC(=O)C(Cc1ccc(OCCCF)cc1)=NC(=O)[C@@H]1CCCCN1S(=O)(=O)c1cccc(F)c1. The highest BCUT2D eigenvalue weighted by atomic mass is 32.2. The monoisotopic (exact) mass is 579 g/mol. The number of ether oxygens (including phenoxy) is 2. The van der Waals surface area contributed by atoms with E-state index in [2.05, 4.69) is 10.3 Å². The fraction of sp³-hybridized carbons (Fsp3) is 0.464. The molecule has 1 fully saturated rings. The quantitative estimate of drug-likeness (QED) is 0.287. The highest BCUT2D eigenvalue weighted by Gasteiger charge is 2.38. The molecule has 0 radical (unpaired) electrons. The van der Waals surface area contributed by atoms with E-state index in [0.717, 1.165) is 16.4 Å². The molecule has 1 aliphatic heterocycles. The summed E-state index contributed by atoms with van der Waals surface area (Å²) in [5, 5.41) is 2.75. The van der Waals surface area contributed by atoms with Crippen LogP contribution in [-0.2, 0) is 30.8 Å². The van der Waals surface area contributed by atoms with Gasteiger partial charge in [-0.1, -0.05) is 24.6 Å². The molecule has 2 atom stereocenters. The maximum atomic E-state index is 13.8. The van der Waals surface area contributed by atoms with Crippen molar-refractivity contribution < 1.29 is 36.3 Å². The van der Waals surface area contributed by atoms with Crippen molar-refractivity contribution in [2.45, 2.75) is 56.0 Å². The summed E-state index contributed by atoms with van der Waals surface area (Å²) in [6.45, 7) is 1.79. The Bertz CT molecular complexity index is 1290. The Kier molecular flexibility index (Phi) is 11.7. The first kappa shape index (κ1) is 31.3. The van der Waals surface area contributed by atoms with E-state index in [-0.39, 0.29) is 55.7 Å². The first-order valence-corrected chi connectivity index (χ1v) is 14.6. The minimum atomic E-state index is -4.19. The fourth-order valence-corrected chi connectivity index (χ4v) is 6.00. The molecule has 12 heteroatoms. The first-order chi connectivity index (χ1) is 19.1. The van der Waals surface area contributed by atoms with Crippen LogP contribution in [0.3, 0.4) is 0 Å². The van der Waals surface area contributed by atoms with Gasteiger partial charge in [-0.25, -0.2) is 17.8 Å². The minimum Gasteiger partial charge on any atom is -0.494 e. The molecule has 218 valence electrons. The number of benzene rings is 2. The molecule has 0 aliphatic carbocycles. The van der Waals surface area contributed by atoms with E-state index in [4.69, 9.17) is 9.47 Å². The number of halogens is 2. The number of carbonyl (C=O) groups is 2. The van der Waals surface area contributed by atoms with Crippen LogP contribution in [0, 0.1) is 5.82 Å². The van der Waals surface area contributed by atoms with Gasteiger partial charge in [0.25, 0.3) is 11.8 Å². The van der Waals surface area contributed by atoms with E-state index >= 15 is 0 Å². The van der Waals surface area contributed by atoms with Crippen LogP contribution in [0.15, 0.2) is 58.4 Å². The molecule has 0 spiro atoms. The molecule has 2 aromatic rings. The first-order valence-electron chi connectivity index (χ1n) is 13.1. The molecule has 1 saturated heterocycles. The molecular formula is C28H35F2N3O6S. The van der Waals surface area contributed by atoms with Crippen LogP contribution < -0.4 is 10.1 Å². The average molecular weight is 580 g/mol. The Morgan fingerprint density at radius 2 is 1.93 bits per heavy atom. The highest BCUT2D eigenvalue weighted by Crippen LogP contribution is 2.27. The van der Waals surface area contributed by atoms with Gasteiger partial charge in [0, 0.05) is 32.5 Å². The van der Waals surface area contributed by atoms with Crippen molar-refractivity contribution in [1.82, 2.24) is 9.62 Å². The molecule has 40 heavy (non-hydrogen) atoms. The minimum absolute atomic E-state index is 0.00853. The van der Waals surface area contributed by atoms with E-state index in [9.17, 15) is 26.8 Å². The third kappa shape index (κ3) is 8.64. The second kappa shape index (κ2) is 15.0. The summed E-state index contributed by atoms with van der Waals surface area (Å²) in [5.74, 6) is -1.53. The van der Waals surface area contributed by atoms with Gasteiger partial charge in [-0.15, -0.1) is 0 Å². The zero-order chi connectivity index (χ0) is 29.1. The molecule has 0 aromatic heterocycles. The third-order valence-electron chi connectivity index (χ3n) is 6.28. The lowest BCUT2D eigenvalue weighted by Crippen LogP contribution is -2.48. The van der Waals surface area contributed by atoms with Crippen LogP contribution in [0.25, 0.3) is 0 Å². The zero-order valence-electron chi connectivity index (χ0n) is 22.6. The highest BCUT2D eigenvalue weighted by molar-refractivity contribution is 7.89. The molecule has 2 aromatic carbocycles. The van der Waals surface area contributed by atoms with E-state index < -0.39 is 40.4 Å². The number of amides is 2. The molecule has 1 heterocycles. The number of carbonyl (C=O) groups excluding carboxylic acids is 2. The Labute approximate surface area is 233 Å². The Hall–Kier alpha value is -3.22. The molecule has 3 rings (SSSR count). The molecule has 0 unspecified atom stereocenters. The smallest absolute Gasteiger partial charge is 0.266 e. The summed E-state index contributed by atoms with van der Waals surface area (Å²) in [6.07, 6.45) is 1.61. The summed E-state index contributed by atoms with van der Waals surface area (Å²) in [7, 11) is -2.69. The Balaban J connectivity index is 1.88. The maximum absolute atomic E-state index is 13.8. The number of methoxy groups -OCH3 is 1. The lowest BCUT2D eigenvalue weighted by molar-refractivity contribution is -0.123. The van der Waals surface area contributed by atoms with Crippen LogP contribution in [-0.4, -0.2) is 75.9 Å². The topological polar surface area (TPSA) is 114 Å². The van der Waals surface area contributed by atoms with Crippen LogP contribution >= 0.6 is 0 Å². The van der Waals surface area contributed by atoms with Crippen molar-refractivity contribution in [2.75, 3.05) is 33.5 Å². The number of rotatable bonds is 13. The number of piperidine rings is 1. The van der Waals surface area contributed by atoms with Gasteiger partial charge >= 0.3 is 0 Å². The van der Waals surface area contributed by atoms with E-state index in [1.165, 1.54) is 19.2 Å². The van der Waals surface area contributed by atoms with Gasteiger partial charge in [-0.3, -0.25) is 14.0 Å².